The van der Waals surface area contributed by atoms with E-state index in [1.54, 1.807) is 0 Å². The zero-order chi connectivity index (χ0) is 30.7. The second-order valence-corrected chi connectivity index (χ2v) is 22.0. The van der Waals surface area contributed by atoms with Gasteiger partial charge in [0.2, 0.25) is 0 Å². The Morgan fingerprint density at radius 2 is 0.884 bits per heavy atom. The molecule has 0 N–H and O–H groups in total. The van der Waals surface area contributed by atoms with Crippen LogP contribution in [0.2, 0.25) is 10.1 Å². The van der Waals surface area contributed by atoms with Crippen LogP contribution in [0.25, 0.3) is 0 Å². The molecule has 4 aromatic rings. The fourth-order valence-corrected chi connectivity index (χ4v) is 15.9. The Morgan fingerprint density at radius 3 is 1.12 bits per heavy atom. The van der Waals surface area contributed by atoms with Crippen LogP contribution in [-0.4, -0.2) is 35.0 Å². The lowest BCUT2D eigenvalue weighted by molar-refractivity contribution is -0.155. The lowest BCUT2D eigenvalue weighted by Crippen LogP contribution is -2.72. The van der Waals surface area contributed by atoms with Gasteiger partial charge >= 0.3 is 5.97 Å². The maximum Gasteiger partial charge on any atom is 0.306 e. The third-order valence-corrected chi connectivity index (χ3v) is 18.6. The minimum Gasteiger partial charge on any atom is -0.457 e. The van der Waals surface area contributed by atoms with E-state index >= 15 is 0 Å². The second kappa shape index (κ2) is 12.4. The van der Waals surface area contributed by atoms with Gasteiger partial charge < -0.3 is 13.6 Å². The van der Waals surface area contributed by atoms with Gasteiger partial charge in [-0.1, -0.05) is 163 Å². The van der Waals surface area contributed by atoms with Crippen LogP contribution in [-0.2, 0) is 18.4 Å². The number of rotatable bonds is 9. The van der Waals surface area contributed by atoms with E-state index in [1.165, 1.54) is 0 Å². The normalized spacial score (nSPS) is 16.3. The molecule has 1 atom stereocenters. The first kappa shape index (κ1) is 31.1. The molecular weight excluding hydrogens is 565 g/mol. The average molecular weight is 609 g/mol. The minimum atomic E-state index is -3.06. The van der Waals surface area contributed by atoms with E-state index < -0.39 is 29.0 Å². The lowest BCUT2D eigenvalue weighted by atomic mass is 10.2. The molecule has 1 aliphatic rings. The Bertz CT molecular complexity index is 1300. The van der Waals surface area contributed by atoms with Crippen LogP contribution in [0.1, 0.15) is 54.4 Å². The predicted molar refractivity (Wildman–Crippen MR) is 180 cm³/mol. The molecule has 1 saturated heterocycles. The highest BCUT2D eigenvalue weighted by atomic mass is 28.4. The Morgan fingerprint density at radius 1 is 0.581 bits per heavy atom. The smallest absolute Gasteiger partial charge is 0.306 e. The SMILES string of the molecule is CC(C)(C)[Si](OC(O[Si](c1ccccc1)(c1ccccc1)C(C)(C)C)C1CCC(=O)O1)(c1ccccc1)c1ccccc1. The van der Waals surface area contributed by atoms with Crippen molar-refractivity contribution in [1.29, 1.82) is 0 Å². The fourth-order valence-electron chi connectivity index (χ4n) is 6.65. The van der Waals surface area contributed by atoms with Crippen LogP contribution in [0.4, 0.5) is 0 Å². The van der Waals surface area contributed by atoms with Crippen LogP contribution < -0.4 is 20.7 Å². The monoisotopic (exact) mass is 608 g/mol. The molecule has 0 bridgehead atoms. The molecule has 0 spiro atoms. The minimum absolute atomic E-state index is 0.202. The highest BCUT2D eigenvalue weighted by molar-refractivity contribution is 7.00. The van der Waals surface area contributed by atoms with Gasteiger partial charge in [0.15, 0.2) is 12.4 Å². The van der Waals surface area contributed by atoms with Crippen molar-refractivity contribution in [1.82, 2.24) is 0 Å². The van der Waals surface area contributed by atoms with Crippen LogP contribution in [0.3, 0.4) is 0 Å². The number of carbonyl (C=O) groups is 1. The summed E-state index contributed by atoms with van der Waals surface area (Å²) >= 11 is 0. The summed E-state index contributed by atoms with van der Waals surface area (Å²) in [5.41, 5.74) is 0. The van der Waals surface area contributed by atoms with Crippen molar-refractivity contribution in [2.24, 2.45) is 0 Å². The number of hydrogen-bond donors (Lipinski definition) is 0. The third kappa shape index (κ3) is 5.94. The highest BCUT2D eigenvalue weighted by Gasteiger charge is 2.57. The molecular formula is C37H44O4Si2. The van der Waals surface area contributed by atoms with Crippen molar-refractivity contribution in [3.05, 3.63) is 121 Å². The zero-order valence-electron chi connectivity index (χ0n) is 26.2. The van der Waals surface area contributed by atoms with Gasteiger partial charge in [0, 0.05) is 6.42 Å². The van der Waals surface area contributed by atoms with E-state index in [2.05, 4.69) is 139 Å². The summed E-state index contributed by atoms with van der Waals surface area (Å²) in [6.07, 6.45) is -0.380. The van der Waals surface area contributed by atoms with Gasteiger partial charge in [-0.05, 0) is 37.2 Å². The van der Waals surface area contributed by atoms with Gasteiger partial charge in [-0.3, -0.25) is 4.79 Å². The van der Waals surface area contributed by atoms with E-state index in [9.17, 15) is 4.79 Å². The first-order valence-electron chi connectivity index (χ1n) is 15.3. The van der Waals surface area contributed by atoms with Crippen LogP contribution in [0.15, 0.2) is 121 Å². The summed E-state index contributed by atoms with van der Waals surface area (Å²) in [6, 6.07) is 42.4. The van der Waals surface area contributed by atoms with Crippen molar-refractivity contribution in [2.45, 2.75) is 76.9 Å². The maximum absolute atomic E-state index is 12.7. The maximum atomic E-state index is 12.7. The van der Waals surface area contributed by atoms with Crippen molar-refractivity contribution in [2.75, 3.05) is 0 Å². The largest absolute Gasteiger partial charge is 0.457 e. The summed E-state index contributed by atoms with van der Waals surface area (Å²) in [7, 11) is -6.11. The fraction of sp³-hybridized carbons (Fsp3) is 0.324. The summed E-state index contributed by atoms with van der Waals surface area (Å²) in [4.78, 5) is 12.7. The highest BCUT2D eigenvalue weighted by Crippen LogP contribution is 2.42. The molecule has 0 amide bonds. The van der Waals surface area contributed by atoms with Crippen LogP contribution in [0, 0.1) is 0 Å². The summed E-state index contributed by atoms with van der Waals surface area (Å²) in [5, 5.41) is 4.10. The molecule has 0 aliphatic carbocycles. The van der Waals surface area contributed by atoms with Gasteiger partial charge in [-0.25, -0.2) is 0 Å². The molecule has 4 aromatic carbocycles. The van der Waals surface area contributed by atoms with Crippen molar-refractivity contribution >= 4 is 43.4 Å². The molecule has 224 valence electrons. The van der Waals surface area contributed by atoms with Crippen LogP contribution >= 0.6 is 0 Å². The molecule has 5 rings (SSSR count). The number of cyclic esters (lactones) is 1. The average Bonchev–Trinajstić information content (AvgIpc) is 3.44. The van der Waals surface area contributed by atoms with E-state index in [0.29, 0.717) is 12.8 Å². The topological polar surface area (TPSA) is 44.8 Å². The molecule has 0 radical (unpaired) electrons. The molecule has 1 unspecified atom stereocenters. The van der Waals surface area contributed by atoms with Gasteiger partial charge in [-0.2, -0.15) is 0 Å². The summed E-state index contributed by atoms with van der Waals surface area (Å²) in [6.45, 7) is 13.6. The first-order chi connectivity index (χ1) is 20.5. The quantitative estimate of drug-likeness (QED) is 0.130. The molecule has 1 aliphatic heterocycles. The van der Waals surface area contributed by atoms with Gasteiger partial charge in [0.05, 0.1) is 0 Å². The number of ether oxygens (including phenoxy) is 1. The molecule has 0 aromatic heterocycles. The molecule has 4 nitrogen and oxygen atoms in total. The second-order valence-electron chi connectivity index (χ2n) is 13.5. The predicted octanol–water partition coefficient (Wildman–Crippen LogP) is 6.17. The number of benzene rings is 4. The van der Waals surface area contributed by atoms with E-state index in [-0.39, 0.29) is 16.0 Å². The first-order valence-corrected chi connectivity index (χ1v) is 19.1. The van der Waals surface area contributed by atoms with Gasteiger partial charge in [0.25, 0.3) is 16.6 Å². The van der Waals surface area contributed by atoms with E-state index in [1.807, 2.05) is 24.3 Å². The number of hydrogen-bond acceptors (Lipinski definition) is 4. The Labute approximate surface area is 259 Å². The third-order valence-electron chi connectivity index (χ3n) is 8.64. The van der Waals surface area contributed by atoms with Gasteiger partial charge in [-0.15, -0.1) is 0 Å². The Kier molecular flexibility index (Phi) is 8.95. The number of carbonyl (C=O) groups excluding carboxylic acids is 1. The number of esters is 1. The van der Waals surface area contributed by atoms with Crippen LogP contribution in [0.5, 0.6) is 0 Å². The standard InChI is InChI=1S/C37H44O4Si2/c1-36(2,3)42(29-19-11-7-12-20-29,30-21-13-8-14-22-30)40-35(33-27-28-34(38)39-33)41-43(37(4,5)6,31-23-15-9-16-24-31)32-25-17-10-18-26-32/h7-26,33,35H,27-28H2,1-6H3. The van der Waals surface area contributed by atoms with Crippen molar-refractivity contribution < 1.29 is 18.4 Å². The molecule has 43 heavy (non-hydrogen) atoms. The van der Waals surface area contributed by atoms with Crippen molar-refractivity contribution in [3.63, 3.8) is 0 Å². The molecule has 6 heteroatoms. The lowest BCUT2D eigenvalue weighted by Gasteiger charge is -2.50. The van der Waals surface area contributed by atoms with Crippen molar-refractivity contribution in [3.8, 4) is 0 Å². The zero-order valence-corrected chi connectivity index (χ0v) is 28.2. The summed E-state index contributed by atoms with van der Waals surface area (Å²) < 4.78 is 21.4. The molecule has 0 saturated carbocycles. The van der Waals surface area contributed by atoms with E-state index in [0.717, 1.165) is 20.7 Å². The molecule has 1 fully saturated rings. The van der Waals surface area contributed by atoms with E-state index in [4.69, 9.17) is 13.6 Å². The molecule has 1 heterocycles. The van der Waals surface area contributed by atoms with Gasteiger partial charge in [0.1, 0.15) is 0 Å². The Hall–Kier alpha value is -3.30. The Balaban J connectivity index is 1.77. The summed E-state index contributed by atoms with van der Waals surface area (Å²) in [5.74, 6) is -0.202.